The van der Waals surface area contributed by atoms with Crippen molar-refractivity contribution in [2.75, 3.05) is 26.3 Å². The Bertz CT molecular complexity index is 177. The summed E-state index contributed by atoms with van der Waals surface area (Å²) < 4.78 is 5.31. The van der Waals surface area contributed by atoms with Crippen LogP contribution in [-0.2, 0) is 9.53 Å². The van der Waals surface area contributed by atoms with E-state index < -0.39 is 0 Å². The molecule has 0 aliphatic carbocycles. The third-order valence-electron chi connectivity index (χ3n) is 2.64. The first-order valence-electron chi connectivity index (χ1n) is 7.11. The van der Waals surface area contributed by atoms with Gasteiger partial charge in [0.25, 0.3) is 0 Å². The Morgan fingerprint density at radius 1 is 1.00 bits per heavy atom. The fraction of sp³-hybridized carbons (Fsp3) is 0.929. The Hall–Kier alpha value is -0.570. The fourth-order valence-corrected chi connectivity index (χ4v) is 1.28. The number of hydrogen-bond donors (Lipinski definition) is 0. The van der Waals surface area contributed by atoms with E-state index in [2.05, 4.69) is 20.8 Å². The Morgan fingerprint density at radius 3 is 1.82 bits per heavy atom. The first kappa shape index (κ1) is 16.4. The average molecular weight is 243 g/mol. The fourth-order valence-electron chi connectivity index (χ4n) is 1.28. The minimum atomic E-state index is 0.318. The molecule has 1 rings (SSSR count). The summed E-state index contributed by atoms with van der Waals surface area (Å²) >= 11 is 0. The van der Waals surface area contributed by atoms with E-state index in [1.54, 1.807) is 0 Å². The smallest absolute Gasteiger partial charge is 0.242 e. The van der Waals surface area contributed by atoms with Gasteiger partial charge in [-0.3, -0.25) is 4.79 Å². The minimum Gasteiger partial charge on any atom is -0.381 e. The molecule has 102 valence electrons. The van der Waals surface area contributed by atoms with Crippen LogP contribution in [-0.4, -0.2) is 37.1 Å². The van der Waals surface area contributed by atoms with Gasteiger partial charge in [0.2, 0.25) is 5.91 Å². The molecule has 3 heteroatoms. The number of hydrogen-bond acceptors (Lipinski definition) is 2. The van der Waals surface area contributed by atoms with E-state index >= 15 is 0 Å². The number of carbonyl (C=O) groups excluding carboxylic acids is 1. The van der Waals surface area contributed by atoms with E-state index in [1.807, 2.05) is 4.90 Å². The molecule has 0 radical (unpaired) electrons. The van der Waals surface area contributed by atoms with Crippen molar-refractivity contribution in [2.45, 2.75) is 59.3 Å². The third-order valence-corrected chi connectivity index (χ3v) is 2.64. The van der Waals surface area contributed by atoms with Gasteiger partial charge in [0.1, 0.15) is 0 Å². The highest BCUT2D eigenvalue weighted by molar-refractivity contribution is 5.92. The quantitative estimate of drug-likeness (QED) is 0.459. The number of rotatable bonds is 9. The number of carbonyl (C=O) groups is 1. The maximum atomic E-state index is 10.3. The van der Waals surface area contributed by atoms with Crippen molar-refractivity contribution >= 4 is 5.91 Å². The lowest BCUT2D eigenvalue weighted by Crippen LogP contribution is -1.99. The predicted molar refractivity (Wildman–Crippen MR) is 72.1 cm³/mol. The Balaban J connectivity index is 0.000000302. The van der Waals surface area contributed by atoms with E-state index in [4.69, 9.17) is 4.74 Å². The molecule has 1 saturated heterocycles. The highest BCUT2D eigenvalue weighted by Gasteiger charge is 2.27. The summed E-state index contributed by atoms with van der Waals surface area (Å²) in [4.78, 5) is 12.2. The first-order chi connectivity index (χ1) is 8.26. The van der Waals surface area contributed by atoms with Crippen molar-refractivity contribution in [3.05, 3.63) is 0 Å². The van der Waals surface area contributed by atoms with Crippen molar-refractivity contribution in [1.29, 1.82) is 0 Å². The molecule has 0 aromatic carbocycles. The highest BCUT2D eigenvalue weighted by atomic mass is 16.5. The van der Waals surface area contributed by atoms with Crippen molar-refractivity contribution < 1.29 is 9.53 Å². The molecular formula is C14H29NO2. The maximum absolute atomic E-state index is 10.3. The van der Waals surface area contributed by atoms with E-state index in [0.717, 1.165) is 26.2 Å². The summed E-state index contributed by atoms with van der Waals surface area (Å²) in [5.74, 6) is 0.318. The lowest BCUT2D eigenvalue weighted by Gasteiger charge is -1.99. The molecule has 0 aromatic rings. The van der Waals surface area contributed by atoms with Gasteiger partial charge in [-0.15, -0.1) is 0 Å². The summed E-state index contributed by atoms with van der Waals surface area (Å²) in [5, 5.41) is 0. The molecule has 0 saturated carbocycles. The Labute approximate surface area is 107 Å². The zero-order valence-corrected chi connectivity index (χ0v) is 11.8. The monoisotopic (exact) mass is 243 g/mol. The van der Waals surface area contributed by atoms with Gasteiger partial charge in [0, 0.05) is 19.8 Å². The predicted octanol–water partition coefficient (Wildman–Crippen LogP) is 3.23. The zero-order chi connectivity index (χ0) is 12.9. The largest absolute Gasteiger partial charge is 0.381 e. The summed E-state index contributed by atoms with van der Waals surface area (Å²) in [6, 6.07) is 0. The molecule has 0 atom stereocenters. The normalized spacial score (nSPS) is 13.4. The van der Waals surface area contributed by atoms with Crippen LogP contribution in [0.25, 0.3) is 0 Å². The van der Waals surface area contributed by atoms with Crippen LogP contribution in [0, 0.1) is 0 Å². The molecule has 1 heterocycles. The number of amides is 1. The molecule has 1 aliphatic rings. The second kappa shape index (κ2) is 11.9. The van der Waals surface area contributed by atoms with Crippen molar-refractivity contribution in [3.63, 3.8) is 0 Å². The lowest BCUT2D eigenvalue weighted by atomic mass is 10.3. The SMILES string of the molecule is CCCCN1CC1=O.CCCCOCCCC. The topological polar surface area (TPSA) is 29.3 Å². The zero-order valence-electron chi connectivity index (χ0n) is 11.8. The Morgan fingerprint density at radius 2 is 1.47 bits per heavy atom. The second-order valence-electron chi connectivity index (χ2n) is 4.49. The van der Waals surface area contributed by atoms with Crippen LogP contribution in [0.4, 0.5) is 0 Å². The molecule has 0 bridgehead atoms. The van der Waals surface area contributed by atoms with Gasteiger partial charge in [-0.05, 0) is 19.3 Å². The molecular weight excluding hydrogens is 214 g/mol. The summed E-state index contributed by atoms with van der Waals surface area (Å²) in [6.07, 6.45) is 7.25. The molecule has 0 spiro atoms. The van der Waals surface area contributed by atoms with Gasteiger partial charge in [0.15, 0.2) is 0 Å². The van der Waals surface area contributed by atoms with E-state index in [-0.39, 0.29) is 0 Å². The minimum absolute atomic E-state index is 0.318. The molecule has 1 amide bonds. The van der Waals surface area contributed by atoms with E-state index in [1.165, 1.54) is 32.1 Å². The standard InChI is InChI=1S/C8H18O.C6H11NO/c1-3-5-7-9-8-6-4-2;1-2-3-4-7-5-6(7)8/h3-8H2,1-2H3;2-5H2,1H3. The molecule has 0 unspecified atom stereocenters. The highest BCUT2D eigenvalue weighted by Crippen LogP contribution is 2.07. The van der Waals surface area contributed by atoms with Crippen molar-refractivity contribution in [3.8, 4) is 0 Å². The van der Waals surface area contributed by atoms with Gasteiger partial charge >= 0.3 is 0 Å². The number of unbranched alkanes of at least 4 members (excludes halogenated alkanes) is 3. The lowest BCUT2D eigenvalue weighted by molar-refractivity contribution is -0.113. The molecule has 1 aliphatic heterocycles. The molecule has 3 nitrogen and oxygen atoms in total. The van der Waals surface area contributed by atoms with E-state index in [0.29, 0.717) is 12.5 Å². The molecule has 0 aromatic heterocycles. The Kier molecular flexibility index (Phi) is 11.5. The van der Waals surface area contributed by atoms with Crippen LogP contribution in [0.1, 0.15) is 59.3 Å². The van der Waals surface area contributed by atoms with Crippen LogP contribution in [0.3, 0.4) is 0 Å². The van der Waals surface area contributed by atoms with Crippen LogP contribution >= 0.6 is 0 Å². The first-order valence-corrected chi connectivity index (χ1v) is 7.11. The molecule has 17 heavy (non-hydrogen) atoms. The van der Waals surface area contributed by atoms with Gasteiger partial charge in [-0.2, -0.15) is 0 Å². The molecule has 1 fully saturated rings. The summed E-state index contributed by atoms with van der Waals surface area (Å²) in [7, 11) is 0. The van der Waals surface area contributed by atoms with Crippen LogP contribution < -0.4 is 0 Å². The van der Waals surface area contributed by atoms with Gasteiger partial charge < -0.3 is 9.64 Å². The maximum Gasteiger partial charge on any atom is 0.242 e. The number of nitrogens with zero attached hydrogens (tertiary/aromatic N) is 1. The second-order valence-corrected chi connectivity index (χ2v) is 4.49. The van der Waals surface area contributed by atoms with Crippen LogP contribution in [0.15, 0.2) is 0 Å². The molecule has 0 N–H and O–H groups in total. The third kappa shape index (κ3) is 11.7. The number of ether oxygens (including phenoxy) is 1. The van der Waals surface area contributed by atoms with Crippen molar-refractivity contribution in [2.24, 2.45) is 0 Å². The van der Waals surface area contributed by atoms with Crippen molar-refractivity contribution in [1.82, 2.24) is 4.90 Å². The summed E-state index contributed by atoms with van der Waals surface area (Å²) in [5.41, 5.74) is 0. The van der Waals surface area contributed by atoms with Crippen LogP contribution in [0.2, 0.25) is 0 Å². The van der Waals surface area contributed by atoms with Gasteiger partial charge in [-0.1, -0.05) is 40.0 Å². The van der Waals surface area contributed by atoms with Crippen LogP contribution in [0.5, 0.6) is 0 Å². The van der Waals surface area contributed by atoms with Gasteiger partial charge in [0.05, 0.1) is 6.54 Å². The summed E-state index contributed by atoms with van der Waals surface area (Å²) in [6.45, 7) is 10.1. The van der Waals surface area contributed by atoms with E-state index in [9.17, 15) is 4.79 Å². The van der Waals surface area contributed by atoms with Gasteiger partial charge in [-0.25, -0.2) is 0 Å². The average Bonchev–Trinajstić information content (AvgIpc) is 3.04.